The third kappa shape index (κ3) is 4.27. The highest BCUT2D eigenvalue weighted by atomic mass is 32.2. The highest BCUT2D eigenvalue weighted by Gasteiger charge is 2.23. The number of hydrogen-bond acceptors (Lipinski definition) is 6. The summed E-state index contributed by atoms with van der Waals surface area (Å²) in [7, 11) is 1.31. The van der Waals surface area contributed by atoms with E-state index < -0.39 is 12.0 Å². The Morgan fingerprint density at radius 3 is 2.78 bits per heavy atom. The minimum Gasteiger partial charge on any atom is -0.467 e. The van der Waals surface area contributed by atoms with Crippen LogP contribution >= 0.6 is 23.1 Å². The lowest BCUT2D eigenvalue weighted by Gasteiger charge is -2.17. The average molecular weight is 350 g/mol. The molecule has 0 aliphatic heterocycles. The minimum atomic E-state index is -0.684. The van der Waals surface area contributed by atoms with Crippen LogP contribution in [0.25, 0.3) is 10.4 Å². The number of methoxy groups -OCH3 is 1. The number of amides is 1. The van der Waals surface area contributed by atoms with Crippen molar-refractivity contribution >= 4 is 40.7 Å². The maximum atomic E-state index is 12.6. The van der Waals surface area contributed by atoms with Crippen molar-refractivity contribution in [3.05, 3.63) is 41.3 Å². The van der Waals surface area contributed by atoms with Crippen LogP contribution in [0.3, 0.4) is 0 Å². The predicted octanol–water partition coefficient (Wildman–Crippen LogP) is 2.63. The third-order valence-electron chi connectivity index (χ3n) is 3.20. The SMILES string of the molecule is COC(=O)[C@H](CSC)NC(=O)c1ccc(N)cc1-c1cccs1. The number of esters is 1. The van der Waals surface area contributed by atoms with Gasteiger partial charge < -0.3 is 15.8 Å². The average Bonchev–Trinajstić information content (AvgIpc) is 3.07. The molecule has 122 valence electrons. The Kier molecular flexibility index (Phi) is 6.06. The van der Waals surface area contributed by atoms with Crippen LogP contribution < -0.4 is 11.1 Å². The monoisotopic (exact) mass is 350 g/mol. The van der Waals surface area contributed by atoms with Crippen LogP contribution in [-0.4, -0.2) is 37.0 Å². The number of nitrogens with two attached hydrogens (primary N) is 1. The molecule has 2 aromatic rings. The number of rotatable bonds is 6. The first-order valence-electron chi connectivity index (χ1n) is 6.88. The van der Waals surface area contributed by atoms with Gasteiger partial charge in [-0.2, -0.15) is 11.8 Å². The van der Waals surface area contributed by atoms with Crippen molar-refractivity contribution in [1.82, 2.24) is 5.32 Å². The molecule has 23 heavy (non-hydrogen) atoms. The van der Waals surface area contributed by atoms with E-state index in [4.69, 9.17) is 10.5 Å². The molecule has 0 spiro atoms. The van der Waals surface area contributed by atoms with Gasteiger partial charge in [0.1, 0.15) is 6.04 Å². The second-order valence-corrected chi connectivity index (χ2v) is 6.65. The second kappa shape index (κ2) is 8.03. The summed E-state index contributed by atoms with van der Waals surface area (Å²) in [6.45, 7) is 0. The van der Waals surface area contributed by atoms with E-state index in [-0.39, 0.29) is 5.91 Å². The summed E-state index contributed by atoms with van der Waals surface area (Å²) in [5.74, 6) is -0.333. The van der Waals surface area contributed by atoms with Gasteiger partial charge in [0.05, 0.1) is 7.11 Å². The first kappa shape index (κ1) is 17.4. The van der Waals surface area contributed by atoms with E-state index in [1.54, 1.807) is 18.2 Å². The van der Waals surface area contributed by atoms with E-state index in [0.717, 1.165) is 10.4 Å². The lowest BCUT2D eigenvalue weighted by Crippen LogP contribution is -2.43. The van der Waals surface area contributed by atoms with Crippen molar-refractivity contribution in [2.75, 3.05) is 24.9 Å². The number of benzene rings is 1. The summed E-state index contributed by atoms with van der Waals surface area (Å²) in [5, 5.41) is 4.67. The van der Waals surface area contributed by atoms with Crippen molar-refractivity contribution in [2.45, 2.75) is 6.04 Å². The molecule has 0 unspecified atom stereocenters. The normalized spacial score (nSPS) is 11.7. The van der Waals surface area contributed by atoms with Gasteiger partial charge in [0, 0.05) is 27.4 Å². The molecule has 5 nitrogen and oxygen atoms in total. The molecule has 1 heterocycles. The number of carbonyl (C=O) groups excluding carboxylic acids is 2. The summed E-state index contributed by atoms with van der Waals surface area (Å²) in [4.78, 5) is 25.3. The number of thiophene rings is 1. The molecule has 0 bridgehead atoms. The van der Waals surface area contributed by atoms with Crippen molar-refractivity contribution in [1.29, 1.82) is 0 Å². The van der Waals surface area contributed by atoms with Crippen LogP contribution in [0.1, 0.15) is 10.4 Å². The number of thioether (sulfide) groups is 1. The number of carbonyl (C=O) groups is 2. The van der Waals surface area contributed by atoms with Crippen LogP contribution in [0.5, 0.6) is 0 Å². The zero-order valence-electron chi connectivity index (χ0n) is 12.9. The zero-order valence-corrected chi connectivity index (χ0v) is 14.5. The van der Waals surface area contributed by atoms with Gasteiger partial charge >= 0.3 is 5.97 Å². The molecule has 1 amide bonds. The lowest BCUT2D eigenvalue weighted by atomic mass is 10.0. The summed E-state index contributed by atoms with van der Waals surface area (Å²) >= 11 is 2.99. The van der Waals surface area contributed by atoms with E-state index in [1.807, 2.05) is 23.8 Å². The molecule has 0 fully saturated rings. The van der Waals surface area contributed by atoms with Gasteiger partial charge in [-0.3, -0.25) is 4.79 Å². The van der Waals surface area contributed by atoms with E-state index in [2.05, 4.69) is 5.32 Å². The van der Waals surface area contributed by atoms with Crippen LogP contribution in [0.4, 0.5) is 5.69 Å². The van der Waals surface area contributed by atoms with Gasteiger partial charge in [-0.1, -0.05) is 6.07 Å². The number of anilines is 1. The van der Waals surface area contributed by atoms with Gasteiger partial charge in [-0.05, 0) is 35.9 Å². The second-order valence-electron chi connectivity index (χ2n) is 4.79. The molecular formula is C16H18N2O3S2. The van der Waals surface area contributed by atoms with Gasteiger partial charge in [0.25, 0.3) is 5.91 Å². The molecule has 1 aromatic heterocycles. The summed E-state index contributed by atoms with van der Waals surface area (Å²) in [6, 6.07) is 8.27. The predicted molar refractivity (Wildman–Crippen MR) is 95.8 cm³/mol. The molecule has 0 saturated carbocycles. The largest absolute Gasteiger partial charge is 0.467 e. The molecular weight excluding hydrogens is 332 g/mol. The van der Waals surface area contributed by atoms with Crippen molar-refractivity contribution < 1.29 is 14.3 Å². The summed E-state index contributed by atoms with van der Waals surface area (Å²) in [6.07, 6.45) is 1.86. The fourth-order valence-electron chi connectivity index (χ4n) is 2.11. The van der Waals surface area contributed by atoms with Gasteiger partial charge in [-0.15, -0.1) is 11.3 Å². The fourth-order valence-corrected chi connectivity index (χ4v) is 3.42. The maximum absolute atomic E-state index is 12.6. The Morgan fingerprint density at radius 2 is 2.17 bits per heavy atom. The molecule has 2 rings (SSSR count). The Morgan fingerprint density at radius 1 is 1.39 bits per heavy atom. The molecule has 0 aliphatic rings. The number of nitrogen functional groups attached to an aromatic ring is 1. The van der Waals surface area contributed by atoms with Crippen LogP contribution in [0.15, 0.2) is 35.7 Å². The van der Waals surface area contributed by atoms with Crippen molar-refractivity contribution in [3.8, 4) is 10.4 Å². The van der Waals surface area contributed by atoms with Gasteiger partial charge in [-0.25, -0.2) is 4.79 Å². The van der Waals surface area contributed by atoms with Crippen LogP contribution in [-0.2, 0) is 9.53 Å². The lowest BCUT2D eigenvalue weighted by molar-refractivity contribution is -0.142. The number of ether oxygens (including phenoxy) is 1. The first-order valence-corrected chi connectivity index (χ1v) is 9.15. The Balaban J connectivity index is 2.30. The van der Waals surface area contributed by atoms with E-state index in [0.29, 0.717) is 17.0 Å². The first-order chi connectivity index (χ1) is 11.1. The Bertz CT molecular complexity index is 687. The van der Waals surface area contributed by atoms with Crippen LogP contribution in [0.2, 0.25) is 0 Å². The number of nitrogens with one attached hydrogen (secondary N) is 1. The highest BCUT2D eigenvalue weighted by Crippen LogP contribution is 2.30. The van der Waals surface area contributed by atoms with E-state index >= 15 is 0 Å². The molecule has 3 N–H and O–H groups in total. The van der Waals surface area contributed by atoms with E-state index in [1.165, 1.54) is 30.2 Å². The molecule has 1 aromatic carbocycles. The molecule has 1 atom stereocenters. The molecule has 0 aliphatic carbocycles. The van der Waals surface area contributed by atoms with Gasteiger partial charge in [0.15, 0.2) is 0 Å². The quantitative estimate of drug-likeness (QED) is 0.618. The summed E-state index contributed by atoms with van der Waals surface area (Å²) in [5.41, 5.74) is 7.67. The van der Waals surface area contributed by atoms with Crippen molar-refractivity contribution in [3.63, 3.8) is 0 Å². The highest BCUT2D eigenvalue weighted by molar-refractivity contribution is 7.98. The van der Waals surface area contributed by atoms with Gasteiger partial charge in [0.2, 0.25) is 0 Å². The molecule has 0 radical (unpaired) electrons. The Hall–Kier alpha value is -1.99. The summed E-state index contributed by atoms with van der Waals surface area (Å²) < 4.78 is 4.74. The maximum Gasteiger partial charge on any atom is 0.329 e. The smallest absolute Gasteiger partial charge is 0.329 e. The topological polar surface area (TPSA) is 81.4 Å². The standard InChI is InChI=1S/C16H18N2O3S2/c1-21-16(20)13(9-22-2)18-15(19)11-6-5-10(17)8-12(11)14-4-3-7-23-14/h3-8,13H,9,17H2,1-2H3,(H,18,19)/t13-/m0/s1. The van der Waals surface area contributed by atoms with Crippen LogP contribution in [0, 0.1) is 0 Å². The molecule has 7 heteroatoms. The van der Waals surface area contributed by atoms with E-state index in [9.17, 15) is 9.59 Å². The molecule has 0 saturated heterocycles. The Labute approximate surface area is 143 Å². The number of hydrogen-bond donors (Lipinski definition) is 2. The minimum absolute atomic E-state index is 0.321. The van der Waals surface area contributed by atoms with Crippen molar-refractivity contribution in [2.24, 2.45) is 0 Å². The third-order valence-corrected chi connectivity index (χ3v) is 4.77. The fraction of sp³-hybridized carbons (Fsp3) is 0.250. The zero-order chi connectivity index (χ0) is 16.8.